The van der Waals surface area contributed by atoms with E-state index in [9.17, 15) is 26.4 Å². The summed E-state index contributed by atoms with van der Waals surface area (Å²) in [5, 5.41) is 0. The maximum absolute atomic E-state index is 11.7. The van der Waals surface area contributed by atoms with Crippen molar-refractivity contribution in [3.63, 3.8) is 0 Å². The van der Waals surface area contributed by atoms with Crippen molar-refractivity contribution in [2.45, 2.75) is 103 Å². The van der Waals surface area contributed by atoms with E-state index in [4.69, 9.17) is 17.8 Å². The number of ether oxygens (including phenoxy) is 2. The fourth-order valence-corrected chi connectivity index (χ4v) is 4.63. The molecule has 2 fully saturated rings. The number of hydrogen-bond donors (Lipinski definition) is 0. The molecule has 0 atom stereocenters. The first-order valence-electron chi connectivity index (χ1n) is 11.6. The number of carbonyl (C=O) groups is 2. The molecule has 0 bridgehead atoms. The highest BCUT2D eigenvalue weighted by atomic mass is 32.2. The molecular formula is C22H42N2O10S2. The van der Waals surface area contributed by atoms with E-state index in [1.54, 1.807) is 55.6 Å². The van der Waals surface area contributed by atoms with Gasteiger partial charge in [0.15, 0.2) is 0 Å². The van der Waals surface area contributed by atoms with Gasteiger partial charge >= 0.3 is 12.2 Å². The summed E-state index contributed by atoms with van der Waals surface area (Å²) in [7, 11) is -3.54. The Hall–Kier alpha value is -1.64. The van der Waals surface area contributed by atoms with Gasteiger partial charge < -0.3 is 19.3 Å². The van der Waals surface area contributed by atoms with Gasteiger partial charge in [0.05, 0.1) is 24.7 Å². The third-order valence-electron chi connectivity index (χ3n) is 5.22. The fraction of sp³-hybridized carbons (Fsp3) is 0.909. The zero-order valence-electron chi connectivity index (χ0n) is 22.9. The lowest BCUT2D eigenvalue weighted by Crippen LogP contribution is -2.50. The number of rotatable bonds is 6. The molecule has 2 saturated carbocycles. The number of amides is 2. The average molecular weight is 559 g/mol. The van der Waals surface area contributed by atoms with E-state index in [-0.39, 0.29) is 24.3 Å². The first-order valence-corrected chi connectivity index (χ1v) is 15.3. The highest BCUT2D eigenvalue weighted by molar-refractivity contribution is 7.86. The standard InChI is InChI=1S/2C11H21NO5S/c2*1-11(2,3)16-10(13)12(4)8-6-9(7-8)17-18(5,14)15/h2*8-9H,6-7H2,1-5H3. The number of carbonyl (C=O) groups excluding carboxylic acids is 2. The molecule has 0 saturated heterocycles. The van der Waals surface area contributed by atoms with Crippen molar-refractivity contribution in [2.75, 3.05) is 26.6 Å². The van der Waals surface area contributed by atoms with Gasteiger partial charge in [-0.25, -0.2) is 9.59 Å². The molecule has 36 heavy (non-hydrogen) atoms. The Kier molecular flexibility index (Phi) is 10.6. The van der Waals surface area contributed by atoms with E-state index in [2.05, 4.69) is 0 Å². The van der Waals surface area contributed by atoms with Crippen molar-refractivity contribution in [3.8, 4) is 0 Å². The maximum Gasteiger partial charge on any atom is 0.410 e. The van der Waals surface area contributed by atoms with E-state index in [0.717, 1.165) is 12.5 Å². The zero-order valence-corrected chi connectivity index (χ0v) is 24.6. The summed E-state index contributed by atoms with van der Waals surface area (Å²) >= 11 is 0. The number of hydrogen-bond acceptors (Lipinski definition) is 10. The molecule has 0 unspecified atom stereocenters. The third-order valence-corrected chi connectivity index (χ3v) is 6.46. The van der Waals surface area contributed by atoms with E-state index in [0.29, 0.717) is 25.7 Å². The second-order valence-electron chi connectivity index (χ2n) is 11.3. The summed E-state index contributed by atoms with van der Waals surface area (Å²) in [6.07, 6.45) is 2.67. The molecule has 0 aromatic rings. The van der Waals surface area contributed by atoms with Crippen LogP contribution in [0, 0.1) is 0 Å². The molecule has 0 heterocycles. The van der Waals surface area contributed by atoms with Crippen LogP contribution in [0.2, 0.25) is 0 Å². The van der Waals surface area contributed by atoms with Gasteiger partial charge in [-0.1, -0.05) is 0 Å². The topological polar surface area (TPSA) is 146 Å². The minimum Gasteiger partial charge on any atom is -0.444 e. The van der Waals surface area contributed by atoms with Crippen LogP contribution in [-0.4, -0.2) is 101 Å². The smallest absolute Gasteiger partial charge is 0.410 e. The largest absolute Gasteiger partial charge is 0.444 e. The Morgan fingerprint density at radius 1 is 0.639 bits per heavy atom. The molecule has 2 rings (SSSR count). The van der Waals surface area contributed by atoms with Crippen LogP contribution in [0.4, 0.5) is 9.59 Å². The molecular weight excluding hydrogens is 516 g/mol. The Morgan fingerprint density at radius 2 is 0.889 bits per heavy atom. The molecule has 0 aromatic heterocycles. The van der Waals surface area contributed by atoms with Gasteiger partial charge in [-0.05, 0) is 67.2 Å². The first-order chi connectivity index (χ1) is 16.0. The lowest BCUT2D eigenvalue weighted by atomic mass is 9.89. The van der Waals surface area contributed by atoms with Crippen LogP contribution < -0.4 is 0 Å². The molecule has 2 aliphatic carbocycles. The van der Waals surface area contributed by atoms with E-state index in [1.807, 2.05) is 0 Å². The maximum atomic E-state index is 11.7. The second-order valence-corrected chi connectivity index (χ2v) is 14.5. The normalized spacial score (nSPS) is 24.3. The monoisotopic (exact) mass is 558 g/mol. The second kappa shape index (κ2) is 11.8. The average Bonchev–Trinajstić information content (AvgIpc) is 2.55. The van der Waals surface area contributed by atoms with Crippen LogP contribution in [-0.2, 0) is 38.1 Å². The van der Waals surface area contributed by atoms with Crippen molar-refractivity contribution in [3.05, 3.63) is 0 Å². The van der Waals surface area contributed by atoms with Gasteiger partial charge in [0.2, 0.25) is 0 Å². The van der Waals surface area contributed by atoms with Gasteiger partial charge in [-0.15, -0.1) is 0 Å². The first kappa shape index (κ1) is 32.4. The molecule has 2 amide bonds. The summed E-state index contributed by atoms with van der Waals surface area (Å²) in [6, 6.07) is -0.0433. The third kappa shape index (κ3) is 12.5. The Morgan fingerprint density at radius 3 is 1.08 bits per heavy atom. The van der Waals surface area contributed by atoms with Crippen molar-refractivity contribution in [1.29, 1.82) is 0 Å². The van der Waals surface area contributed by atoms with Gasteiger partial charge in [0.1, 0.15) is 11.2 Å². The predicted molar refractivity (Wildman–Crippen MR) is 133 cm³/mol. The van der Waals surface area contributed by atoms with Gasteiger partial charge in [-0.2, -0.15) is 16.8 Å². The minimum atomic E-state index is -3.42. The molecule has 0 radical (unpaired) electrons. The van der Waals surface area contributed by atoms with Crippen LogP contribution in [0.1, 0.15) is 67.2 Å². The van der Waals surface area contributed by atoms with Crippen LogP contribution in [0.15, 0.2) is 0 Å². The minimum absolute atomic E-state index is 0.0217. The van der Waals surface area contributed by atoms with Crippen LogP contribution >= 0.6 is 0 Å². The Balaban J connectivity index is 0.000000360. The van der Waals surface area contributed by atoms with Crippen molar-refractivity contribution in [2.24, 2.45) is 0 Å². The molecule has 212 valence electrons. The molecule has 2 aliphatic rings. The SMILES string of the molecule is CN(C(=O)OC(C)(C)C)C1CC(OS(C)(=O)=O)C1.CN(C(=O)OC(C)(C)C)C1CC(OS(C)(=O)=O)C1. The quantitative estimate of drug-likeness (QED) is 0.446. The van der Waals surface area contributed by atoms with Gasteiger partial charge in [0, 0.05) is 26.2 Å². The lowest BCUT2D eigenvalue weighted by Gasteiger charge is -2.40. The van der Waals surface area contributed by atoms with Crippen molar-refractivity contribution < 1.29 is 44.3 Å². The summed E-state index contributed by atoms with van der Waals surface area (Å²) in [5.41, 5.74) is -1.06. The fourth-order valence-electron chi connectivity index (χ4n) is 3.33. The van der Waals surface area contributed by atoms with Gasteiger partial charge in [-0.3, -0.25) is 8.37 Å². The van der Waals surface area contributed by atoms with Crippen LogP contribution in [0.3, 0.4) is 0 Å². The molecule has 0 aliphatic heterocycles. The zero-order chi connectivity index (χ0) is 28.3. The van der Waals surface area contributed by atoms with E-state index in [1.165, 1.54) is 9.80 Å². The predicted octanol–water partition coefficient (Wildman–Crippen LogP) is 2.72. The molecule has 0 aromatic carbocycles. The summed E-state index contributed by atoms with van der Waals surface area (Å²) in [5.74, 6) is 0. The van der Waals surface area contributed by atoms with Crippen molar-refractivity contribution >= 4 is 32.4 Å². The highest BCUT2D eigenvalue weighted by Crippen LogP contribution is 2.30. The Bertz CT molecular complexity index is 891. The Labute approximate surface area is 215 Å². The molecule has 0 N–H and O–H groups in total. The van der Waals surface area contributed by atoms with E-state index < -0.39 is 43.6 Å². The lowest BCUT2D eigenvalue weighted by molar-refractivity contribution is -0.00823. The molecule has 14 heteroatoms. The summed E-state index contributed by atoms with van der Waals surface area (Å²) < 4.78 is 63.7. The molecule has 0 spiro atoms. The van der Waals surface area contributed by atoms with Gasteiger partial charge in [0.25, 0.3) is 20.2 Å². The highest BCUT2D eigenvalue weighted by Gasteiger charge is 2.39. The number of nitrogens with zero attached hydrogens (tertiary/aromatic N) is 2. The summed E-state index contributed by atoms with van der Waals surface area (Å²) in [4.78, 5) is 26.4. The van der Waals surface area contributed by atoms with Crippen molar-refractivity contribution in [1.82, 2.24) is 9.80 Å². The summed E-state index contributed by atoms with van der Waals surface area (Å²) in [6.45, 7) is 10.8. The molecule has 12 nitrogen and oxygen atoms in total. The van der Waals surface area contributed by atoms with Crippen LogP contribution in [0.5, 0.6) is 0 Å². The van der Waals surface area contributed by atoms with E-state index >= 15 is 0 Å². The van der Waals surface area contributed by atoms with Crippen LogP contribution in [0.25, 0.3) is 0 Å².